The minimum atomic E-state index is -0.299. The summed E-state index contributed by atoms with van der Waals surface area (Å²) in [6.07, 6.45) is 1.60. The Kier molecular flexibility index (Phi) is 7.88. The Morgan fingerprint density at radius 3 is 2.28 bits per heavy atom. The SMILES string of the molecule is Cc1ccc(N(CC(=O)NC(C)C)C(=O)CCC(=O)Nc2cc(C)ccn2)cc1. The predicted molar refractivity (Wildman–Crippen MR) is 114 cm³/mol. The van der Waals surface area contributed by atoms with Gasteiger partial charge in [0.25, 0.3) is 0 Å². The van der Waals surface area contributed by atoms with Gasteiger partial charge in [0, 0.05) is 30.8 Å². The van der Waals surface area contributed by atoms with Gasteiger partial charge in [-0.1, -0.05) is 17.7 Å². The Hall–Kier alpha value is -3.22. The molecule has 2 rings (SSSR count). The summed E-state index contributed by atoms with van der Waals surface area (Å²) in [6, 6.07) is 10.9. The predicted octanol–water partition coefficient (Wildman–Crippen LogP) is 2.97. The number of nitrogens with one attached hydrogen (secondary N) is 2. The first-order valence-corrected chi connectivity index (χ1v) is 9.63. The summed E-state index contributed by atoms with van der Waals surface area (Å²) in [5, 5.41) is 5.48. The number of carbonyl (C=O) groups excluding carboxylic acids is 3. The third-order valence-corrected chi connectivity index (χ3v) is 4.15. The van der Waals surface area contributed by atoms with Crippen LogP contribution in [0.25, 0.3) is 0 Å². The van der Waals surface area contributed by atoms with E-state index in [2.05, 4.69) is 15.6 Å². The van der Waals surface area contributed by atoms with E-state index in [1.807, 2.05) is 45.9 Å². The van der Waals surface area contributed by atoms with Crippen molar-refractivity contribution in [2.75, 3.05) is 16.8 Å². The minimum Gasteiger partial charge on any atom is -0.352 e. The van der Waals surface area contributed by atoms with Gasteiger partial charge in [-0.05, 0) is 57.5 Å². The highest BCUT2D eigenvalue weighted by molar-refractivity contribution is 6.01. The lowest BCUT2D eigenvalue weighted by Gasteiger charge is -2.23. The summed E-state index contributed by atoms with van der Waals surface area (Å²) in [7, 11) is 0. The smallest absolute Gasteiger partial charge is 0.240 e. The lowest BCUT2D eigenvalue weighted by molar-refractivity contribution is -0.125. The molecule has 0 spiro atoms. The quantitative estimate of drug-likeness (QED) is 0.718. The number of hydrogen-bond donors (Lipinski definition) is 2. The number of pyridine rings is 1. The van der Waals surface area contributed by atoms with Gasteiger partial charge in [0.05, 0.1) is 0 Å². The van der Waals surface area contributed by atoms with Gasteiger partial charge in [0.15, 0.2) is 0 Å². The van der Waals surface area contributed by atoms with Gasteiger partial charge in [-0.15, -0.1) is 0 Å². The van der Waals surface area contributed by atoms with Crippen molar-refractivity contribution in [3.8, 4) is 0 Å². The lowest BCUT2D eigenvalue weighted by atomic mass is 10.2. The molecule has 0 aliphatic heterocycles. The van der Waals surface area contributed by atoms with Gasteiger partial charge < -0.3 is 15.5 Å². The molecule has 0 aliphatic carbocycles. The molecule has 3 amide bonds. The maximum absolute atomic E-state index is 12.8. The van der Waals surface area contributed by atoms with Crippen LogP contribution < -0.4 is 15.5 Å². The van der Waals surface area contributed by atoms with Gasteiger partial charge in [0.1, 0.15) is 12.4 Å². The zero-order chi connectivity index (χ0) is 21.4. The van der Waals surface area contributed by atoms with Crippen LogP contribution in [0.2, 0.25) is 0 Å². The van der Waals surface area contributed by atoms with Crippen molar-refractivity contribution in [1.82, 2.24) is 10.3 Å². The summed E-state index contributed by atoms with van der Waals surface area (Å²) >= 11 is 0. The van der Waals surface area contributed by atoms with E-state index in [0.29, 0.717) is 11.5 Å². The second-order valence-electron chi connectivity index (χ2n) is 7.30. The van der Waals surface area contributed by atoms with E-state index in [4.69, 9.17) is 0 Å². The summed E-state index contributed by atoms with van der Waals surface area (Å²) in [6.45, 7) is 7.48. The number of aromatic nitrogens is 1. The van der Waals surface area contributed by atoms with Crippen LogP contribution in [0, 0.1) is 13.8 Å². The van der Waals surface area contributed by atoms with E-state index in [1.165, 1.54) is 4.90 Å². The molecule has 2 aromatic rings. The van der Waals surface area contributed by atoms with E-state index in [0.717, 1.165) is 11.1 Å². The van der Waals surface area contributed by atoms with Crippen LogP contribution in [0.1, 0.15) is 37.8 Å². The monoisotopic (exact) mass is 396 g/mol. The number of carbonyl (C=O) groups is 3. The summed E-state index contributed by atoms with van der Waals surface area (Å²) in [4.78, 5) is 42.7. The Morgan fingerprint density at radius 1 is 0.966 bits per heavy atom. The number of aryl methyl sites for hydroxylation is 2. The van der Waals surface area contributed by atoms with Crippen molar-refractivity contribution >= 4 is 29.2 Å². The summed E-state index contributed by atoms with van der Waals surface area (Å²) in [5.74, 6) is -0.386. The molecular formula is C22H28N4O3. The first-order chi connectivity index (χ1) is 13.7. The second-order valence-corrected chi connectivity index (χ2v) is 7.30. The molecule has 0 unspecified atom stereocenters. The Labute approximate surface area is 171 Å². The first-order valence-electron chi connectivity index (χ1n) is 9.63. The molecule has 0 aliphatic rings. The minimum absolute atomic E-state index is 0.00260. The second kappa shape index (κ2) is 10.4. The van der Waals surface area contributed by atoms with E-state index >= 15 is 0 Å². The molecule has 1 heterocycles. The van der Waals surface area contributed by atoms with E-state index in [1.54, 1.807) is 24.4 Å². The van der Waals surface area contributed by atoms with Crippen LogP contribution in [-0.4, -0.2) is 35.3 Å². The Morgan fingerprint density at radius 2 is 1.66 bits per heavy atom. The van der Waals surface area contributed by atoms with Crippen molar-refractivity contribution in [3.05, 3.63) is 53.7 Å². The molecule has 29 heavy (non-hydrogen) atoms. The fourth-order valence-corrected chi connectivity index (χ4v) is 2.72. The molecule has 0 bridgehead atoms. The van der Waals surface area contributed by atoms with E-state index < -0.39 is 0 Å². The fourth-order valence-electron chi connectivity index (χ4n) is 2.72. The van der Waals surface area contributed by atoms with E-state index in [9.17, 15) is 14.4 Å². The van der Waals surface area contributed by atoms with Crippen LogP contribution in [-0.2, 0) is 14.4 Å². The molecule has 2 N–H and O–H groups in total. The van der Waals surface area contributed by atoms with Crippen LogP contribution >= 0.6 is 0 Å². The normalized spacial score (nSPS) is 10.5. The lowest BCUT2D eigenvalue weighted by Crippen LogP contribution is -2.43. The average molecular weight is 396 g/mol. The molecule has 1 aromatic heterocycles. The third-order valence-electron chi connectivity index (χ3n) is 4.15. The molecule has 0 radical (unpaired) electrons. The molecule has 0 atom stereocenters. The van der Waals surface area contributed by atoms with Gasteiger partial charge in [-0.2, -0.15) is 0 Å². The third kappa shape index (κ3) is 7.37. The van der Waals surface area contributed by atoms with Gasteiger partial charge >= 0.3 is 0 Å². The zero-order valence-corrected chi connectivity index (χ0v) is 17.4. The number of hydrogen-bond acceptors (Lipinski definition) is 4. The van der Waals surface area contributed by atoms with Crippen LogP contribution in [0.5, 0.6) is 0 Å². The highest BCUT2D eigenvalue weighted by atomic mass is 16.2. The largest absolute Gasteiger partial charge is 0.352 e. The van der Waals surface area contributed by atoms with Gasteiger partial charge in [-0.25, -0.2) is 4.98 Å². The van der Waals surface area contributed by atoms with Crippen molar-refractivity contribution < 1.29 is 14.4 Å². The maximum atomic E-state index is 12.8. The molecular weight excluding hydrogens is 368 g/mol. The van der Waals surface area contributed by atoms with Crippen molar-refractivity contribution in [2.24, 2.45) is 0 Å². The highest BCUT2D eigenvalue weighted by Crippen LogP contribution is 2.17. The molecule has 1 aromatic carbocycles. The first kappa shape index (κ1) is 22.1. The number of amides is 3. The maximum Gasteiger partial charge on any atom is 0.240 e. The van der Waals surface area contributed by atoms with Gasteiger partial charge in [0.2, 0.25) is 17.7 Å². The average Bonchev–Trinajstić information content (AvgIpc) is 2.64. The van der Waals surface area contributed by atoms with Gasteiger partial charge in [-0.3, -0.25) is 14.4 Å². The molecule has 0 saturated heterocycles. The molecule has 154 valence electrons. The van der Waals surface area contributed by atoms with Crippen LogP contribution in [0.15, 0.2) is 42.6 Å². The Balaban J connectivity index is 2.03. The molecule has 7 nitrogen and oxygen atoms in total. The fraction of sp³-hybridized carbons (Fsp3) is 0.364. The molecule has 7 heteroatoms. The summed E-state index contributed by atoms with van der Waals surface area (Å²) in [5.41, 5.74) is 2.66. The Bertz CT molecular complexity index is 863. The van der Waals surface area contributed by atoms with Crippen molar-refractivity contribution in [3.63, 3.8) is 0 Å². The highest BCUT2D eigenvalue weighted by Gasteiger charge is 2.20. The molecule has 0 saturated carbocycles. The van der Waals surface area contributed by atoms with Crippen LogP contribution in [0.3, 0.4) is 0 Å². The van der Waals surface area contributed by atoms with Crippen molar-refractivity contribution in [1.29, 1.82) is 0 Å². The number of benzene rings is 1. The van der Waals surface area contributed by atoms with E-state index in [-0.39, 0.29) is 43.1 Å². The topological polar surface area (TPSA) is 91.4 Å². The summed E-state index contributed by atoms with van der Waals surface area (Å²) < 4.78 is 0. The number of anilines is 2. The standard InChI is InChI=1S/C22H28N4O3/c1-15(2)24-21(28)14-26(18-7-5-16(3)6-8-18)22(29)10-9-20(27)25-19-13-17(4)11-12-23-19/h5-8,11-13,15H,9-10,14H2,1-4H3,(H,24,28)(H,23,25,27). The molecule has 0 fully saturated rings. The zero-order valence-electron chi connectivity index (χ0n) is 17.4. The number of rotatable bonds is 8. The van der Waals surface area contributed by atoms with Crippen molar-refractivity contribution in [2.45, 2.75) is 46.6 Å². The number of nitrogens with zero attached hydrogens (tertiary/aromatic N) is 2. The van der Waals surface area contributed by atoms with Crippen LogP contribution in [0.4, 0.5) is 11.5 Å².